The molecule has 10 heteroatoms. The van der Waals surface area contributed by atoms with Crippen LogP contribution in [0.1, 0.15) is 16.7 Å². The van der Waals surface area contributed by atoms with Gasteiger partial charge in [-0.25, -0.2) is 4.79 Å². The number of fused-ring (bicyclic) bond motifs is 1. The lowest BCUT2D eigenvalue weighted by Gasteiger charge is -2.45. The van der Waals surface area contributed by atoms with Crippen LogP contribution in [0.4, 0.5) is 23.7 Å². The normalized spacial score (nSPS) is 25.3. The maximum atomic E-state index is 13.4. The van der Waals surface area contributed by atoms with Crippen molar-refractivity contribution in [3.8, 4) is 6.07 Å². The van der Waals surface area contributed by atoms with Crippen molar-refractivity contribution >= 4 is 29.6 Å². The van der Waals surface area contributed by atoms with Gasteiger partial charge >= 0.3 is 12.3 Å². The number of ether oxygens (including phenoxy) is 1. The SMILES string of the molecule is N#Cc1ccc(N2S[C@@H]3[C@H](C2=O)[C@@H]2C=C[C@H]3CN2C(=O)OCc2ccccc2)cc1C(F)(F)F. The summed E-state index contributed by atoms with van der Waals surface area (Å²) in [6.45, 7) is 0.469. The van der Waals surface area contributed by atoms with E-state index >= 15 is 0 Å². The molecular weight excluding hydrogens is 467 g/mol. The van der Waals surface area contributed by atoms with E-state index in [0.717, 1.165) is 17.7 Å². The monoisotopic (exact) mass is 485 g/mol. The molecule has 2 bridgehead atoms. The highest BCUT2D eigenvalue weighted by Gasteiger charge is 2.56. The topological polar surface area (TPSA) is 73.6 Å². The summed E-state index contributed by atoms with van der Waals surface area (Å²) < 4.78 is 47.0. The molecule has 3 aliphatic heterocycles. The summed E-state index contributed by atoms with van der Waals surface area (Å²) in [7, 11) is 0. The highest BCUT2D eigenvalue weighted by molar-refractivity contribution is 8.02. The quantitative estimate of drug-likeness (QED) is 0.463. The van der Waals surface area contributed by atoms with Crippen LogP contribution in [0.2, 0.25) is 0 Å². The number of hydrogen-bond donors (Lipinski definition) is 0. The molecule has 0 unspecified atom stereocenters. The standard InChI is InChI=1S/C24H18F3N3O3S/c25-24(26,27)18-10-17(8-6-15(18)11-28)30-22(31)20-19-9-7-16(21(20)34-30)12-29(19)23(32)33-13-14-4-2-1-3-5-14/h1-10,16,19-21H,12-13H2/t16-,19-,20+,21-/m0/s1. The van der Waals surface area contributed by atoms with Crippen molar-refractivity contribution in [3.05, 3.63) is 77.4 Å². The minimum absolute atomic E-state index is 0.0633. The highest BCUT2D eigenvalue weighted by atomic mass is 32.2. The molecule has 3 heterocycles. The first-order valence-electron chi connectivity index (χ1n) is 10.6. The van der Waals surface area contributed by atoms with Crippen molar-refractivity contribution in [2.45, 2.75) is 24.1 Å². The second kappa shape index (κ2) is 8.40. The van der Waals surface area contributed by atoms with Crippen LogP contribution in [0.25, 0.3) is 0 Å². The first-order chi connectivity index (χ1) is 16.3. The lowest BCUT2D eigenvalue weighted by atomic mass is 9.77. The van der Waals surface area contributed by atoms with E-state index in [0.29, 0.717) is 6.54 Å². The average molecular weight is 485 g/mol. The Hall–Kier alpha value is -3.45. The van der Waals surface area contributed by atoms with Gasteiger partial charge in [-0.15, -0.1) is 0 Å². The summed E-state index contributed by atoms with van der Waals surface area (Å²) in [6, 6.07) is 13.5. The summed E-state index contributed by atoms with van der Waals surface area (Å²) in [5, 5.41) is 8.84. The van der Waals surface area contributed by atoms with Crippen LogP contribution in [0, 0.1) is 23.2 Å². The molecule has 1 aliphatic carbocycles. The zero-order valence-corrected chi connectivity index (χ0v) is 18.4. The Morgan fingerprint density at radius 1 is 1.18 bits per heavy atom. The van der Waals surface area contributed by atoms with Gasteiger partial charge < -0.3 is 9.64 Å². The summed E-state index contributed by atoms with van der Waals surface area (Å²) >= 11 is 1.18. The number of carbonyl (C=O) groups is 2. The van der Waals surface area contributed by atoms with Crippen molar-refractivity contribution in [3.63, 3.8) is 0 Å². The van der Waals surface area contributed by atoms with E-state index < -0.39 is 35.4 Å². The van der Waals surface area contributed by atoms with Gasteiger partial charge in [-0.05, 0) is 35.7 Å². The van der Waals surface area contributed by atoms with Gasteiger partial charge in [-0.2, -0.15) is 18.4 Å². The summed E-state index contributed by atoms with van der Waals surface area (Å²) in [5.41, 5.74) is -0.679. The minimum atomic E-state index is -4.72. The van der Waals surface area contributed by atoms with Gasteiger partial charge in [0, 0.05) is 17.7 Å². The number of piperidine rings is 1. The average Bonchev–Trinajstić information content (AvgIpc) is 3.21. The number of rotatable bonds is 3. The molecule has 4 atom stereocenters. The predicted molar refractivity (Wildman–Crippen MR) is 118 cm³/mol. The second-order valence-corrected chi connectivity index (χ2v) is 9.42. The Kier molecular flexibility index (Phi) is 5.52. The molecule has 2 fully saturated rings. The first-order valence-corrected chi connectivity index (χ1v) is 11.4. The molecule has 0 aromatic heterocycles. The molecule has 2 aromatic carbocycles. The molecule has 4 aliphatic rings. The molecule has 6 nitrogen and oxygen atoms in total. The number of halogens is 3. The zero-order valence-electron chi connectivity index (χ0n) is 17.6. The largest absolute Gasteiger partial charge is 0.445 e. The van der Waals surface area contributed by atoms with E-state index in [4.69, 9.17) is 10.00 Å². The predicted octanol–water partition coefficient (Wildman–Crippen LogP) is 4.76. The lowest BCUT2D eigenvalue weighted by molar-refractivity contribution is -0.137. The Labute approximate surface area is 197 Å². The van der Waals surface area contributed by atoms with Gasteiger partial charge in [0.15, 0.2) is 0 Å². The number of amides is 2. The number of hydrogen-bond acceptors (Lipinski definition) is 5. The minimum Gasteiger partial charge on any atom is -0.445 e. The Bertz CT molecular complexity index is 1210. The summed E-state index contributed by atoms with van der Waals surface area (Å²) in [4.78, 5) is 27.7. The van der Waals surface area contributed by atoms with Crippen molar-refractivity contribution in [1.82, 2.24) is 4.90 Å². The number of alkyl halides is 3. The van der Waals surface area contributed by atoms with Gasteiger partial charge in [0.2, 0.25) is 5.91 Å². The number of nitriles is 1. The molecule has 174 valence electrons. The summed E-state index contributed by atoms with van der Waals surface area (Å²) in [5.74, 6) is -1.10. The van der Waals surface area contributed by atoms with Gasteiger partial charge in [0.1, 0.15) is 6.61 Å². The van der Waals surface area contributed by atoms with E-state index in [1.165, 1.54) is 27.2 Å². The smallest absolute Gasteiger partial charge is 0.417 e. The molecule has 0 N–H and O–H groups in total. The number of benzene rings is 2. The van der Waals surface area contributed by atoms with E-state index in [9.17, 15) is 22.8 Å². The molecule has 2 saturated heterocycles. The van der Waals surface area contributed by atoms with Crippen LogP contribution in [0.5, 0.6) is 0 Å². The molecule has 0 radical (unpaired) electrons. The van der Waals surface area contributed by atoms with Crippen molar-refractivity contribution in [2.75, 3.05) is 10.8 Å². The summed E-state index contributed by atoms with van der Waals surface area (Å²) in [6.07, 6.45) is -1.49. The van der Waals surface area contributed by atoms with Gasteiger partial charge in [0.25, 0.3) is 0 Å². The molecule has 0 spiro atoms. The fourth-order valence-corrected chi connectivity index (χ4v) is 6.12. The third-order valence-corrected chi connectivity index (χ3v) is 7.77. The van der Waals surface area contributed by atoms with Crippen molar-refractivity contribution in [1.29, 1.82) is 5.26 Å². The van der Waals surface area contributed by atoms with Gasteiger partial charge in [-0.3, -0.25) is 9.10 Å². The van der Waals surface area contributed by atoms with Crippen LogP contribution in [0.3, 0.4) is 0 Å². The van der Waals surface area contributed by atoms with Crippen LogP contribution >= 0.6 is 11.9 Å². The third-order valence-electron chi connectivity index (χ3n) is 6.28. The molecule has 2 amide bonds. The van der Waals surface area contributed by atoms with Crippen LogP contribution in [0.15, 0.2) is 60.7 Å². The Morgan fingerprint density at radius 2 is 1.94 bits per heavy atom. The highest BCUT2D eigenvalue weighted by Crippen LogP contribution is 2.50. The maximum absolute atomic E-state index is 13.4. The molecule has 0 saturated carbocycles. The maximum Gasteiger partial charge on any atom is 0.417 e. The van der Waals surface area contributed by atoms with Gasteiger partial charge in [0.05, 0.1) is 34.8 Å². The number of carbonyl (C=O) groups excluding carboxylic acids is 2. The van der Waals surface area contributed by atoms with E-state index in [2.05, 4.69) is 0 Å². The van der Waals surface area contributed by atoms with E-state index in [1.54, 1.807) is 12.1 Å². The zero-order chi connectivity index (χ0) is 24.0. The number of anilines is 1. The van der Waals surface area contributed by atoms with Crippen LogP contribution in [-0.2, 0) is 22.3 Å². The molecule has 34 heavy (non-hydrogen) atoms. The van der Waals surface area contributed by atoms with Crippen LogP contribution in [-0.4, -0.2) is 34.7 Å². The fourth-order valence-electron chi connectivity index (χ4n) is 4.67. The lowest BCUT2D eigenvalue weighted by Crippen LogP contribution is -2.58. The Balaban J connectivity index is 1.36. The van der Waals surface area contributed by atoms with Crippen LogP contribution < -0.4 is 4.31 Å². The number of nitrogens with zero attached hydrogens (tertiary/aromatic N) is 3. The second-order valence-electron chi connectivity index (χ2n) is 8.30. The third kappa shape index (κ3) is 3.80. The van der Waals surface area contributed by atoms with Gasteiger partial charge in [-0.1, -0.05) is 42.5 Å². The van der Waals surface area contributed by atoms with E-state index in [-0.39, 0.29) is 29.4 Å². The van der Waals surface area contributed by atoms with Crippen molar-refractivity contribution in [2.24, 2.45) is 11.8 Å². The van der Waals surface area contributed by atoms with E-state index in [1.807, 2.05) is 36.4 Å². The fraction of sp³-hybridized carbons (Fsp3) is 0.292. The molecule has 2 aromatic rings. The molecular formula is C24H18F3N3O3S. The Morgan fingerprint density at radius 3 is 2.65 bits per heavy atom. The molecule has 6 rings (SSSR count). The van der Waals surface area contributed by atoms with Crippen molar-refractivity contribution < 1.29 is 27.5 Å². The first kappa shape index (κ1) is 22.3.